The quantitative estimate of drug-likeness (QED) is 0.456. The average molecular weight is 394 g/mol. The largest absolute Gasteiger partial charge is 0.347 e. The van der Waals surface area contributed by atoms with Gasteiger partial charge in [0.2, 0.25) is 11.9 Å². The summed E-state index contributed by atoms with van der Waals surface area (Å²) in [6.07, 6.45) is 4.71. The Morgan fingerprint density at radius 2 is 1.79 bits per heavy atom. The van der Waals surface area contributed by atoms with Crippen LogP contribution in [0.1, 0.15) is 18.5 Å². The molecule has 0 bridgehead atoms. The Morgan fingerprint density at radius 1 is 1.00 bits per heavy atom. The Labute approximate surface area is 164 Å². The van der Waals surface area contributed by atoms with Gasteiger partial charge in [0.05, 0.1) is 11.7 Å². The molecule has 4 rings (SSSR count). The fourth-order valence-electron chi connectivity index (χ4n) is 2.73. The Bertz CT molecular complexity index is 1120. The van der Waals surface area contributed by atoms with Gasteiger partial charge in [0.1, 0.15) is 18.0 Å². The Balaban J connectivity index is 1.47. The van der Waals surface area contributed by atoms with Crippen LogP contribution >= 0.6 is 0 Å². The van der Waals surface area contributed by atoms with E-state index in [1.54, 1.807) is 19.3 Å². The standard InChI is InChI=1S/C19H16F2N8/c1-11(14-3-2-13(20)8-15(14)21)25-18-23-10-24-19(27-18)26-17-9-16(28-29-17)12-4-6-22-7-5-12/h2-11H,1H3,(H3,23,24,25,26,27,28,29). The van der Waals surface area contributed by atoms with Crippen LogP contribution in [0.5, 0.6) is 0 Å². The number of rotatable bonds is 6. The number of anilines is 3. The van der Waals surface area contributed by atoms with Crippen molar-refractivity contribution < 1.29 is 8.78 Å². The molecule has 0 saturated heterocycles. The Morgan fingerprint density at radius 3 is 2.59 bits per heavy atom. The summed E-state index contributed by atoms with van der Waals surface area (Å²) in [5.74, 6) is -0.245. The van der Waals surface area contributed by atoms with Gasteiger partial charge in [-0.2, -0.15) is 10.1 Å². The molecule has 0 amide bonds. The van der Waals surface area contributed by atoms with Crippen LogP contribution in [0, 0.1) is 11.6 Å². The van der Waals surface area contributed by atoms with Crippen LogP contribution in [0.4, 0.5) is 26.5 Å². The van der Waals surface area contributed by atoms with Gasteiger partial charge in [-0.1, -0.05) is 6.07 Å². The maximum atomic E-state index is 14.0. The van der Waals surface area contributed by atoms with Crippen molar-refractivity contribution in [1.82, 2.24) is 30.1 Å². The van der Waals surface area contributed by atoms with Crippen LogP contribution in [0.15, 0.2) is 55.1 Å². The van der Waals surface area contributed by atoms with Crippen molar-refractivity contribution in [3.8, 4) is 11.3 Å². The van der Waals surface area contributed by atoms with Crippen molar-refractivity contribution in [3.63, 3.8) is 0 Å². The minimum Gasteiger partial charge on any atom is -0.347 e. The van der Waals surface area contributed by atoms with Gasteiger partial charge in [0.15, 0.2) is 5.82 Å². The van der Waals surface area contributed by atoms with Gasteiger partial charge in [-0.05, 0) is 25.1 Å². The molecule has 0 aliphatic rings. The molecule has 1 atom stereocenters. The highest BCUT2D eigenvalue weighted by Crippen LogP contribution is 2.22. The van der Waals surface area contributed by atoms with Gasteiger partial charge in [0, 0.05) is 35.7 Å². The number of hydrogen-bond acceptors (Lipinski definition) is 7. The van der Waals surface area contributed by atoms with Crippen molar-refractivity contribution in [1.29, 1.82) is 0 Å². The minimum atomic E-state index is -0.641. The number of pyridine rings is 1. The molecular formula is C19H16F2N8. The van der Waals surface area contributed by atoms with Crippen molar-refractivity contribution in [2.75, 3.05) is 10.6 Å². The lowest BCUT2D eigenvalue weighted by atomic mass is 10.1. The van der Waals surface area contributed by atoms with Crippen LogP contribution in [0.3, 0.4) is 0 Å². The summed E-state index contributed by atoms with van der Waals surface area (Å²) < 4.78 is 27.0. The first-order chi connectivity index (χ1) is 14.1. The number of hydrogen-bond donors (Lipinski definition) is 3. The molecule has 0 saturated carbocycles. The van der Waals surface area contributed by atoms with Crippen LogP contribution in [-0.2, 0) is 0 Å². The van der Waals surface area contributed by atoms with Gasteiger partial charge >= 0.3 is 0 Å². The predicted molar refractivity (Wildman–Crippen MR) is 103 cm³/mol. The number of nitrogens with one attached hydrogen (secondary N) is 3. The number of H-pyrrole nitrogens is 1. The molecule has 0 aliphatic heterocycles. The molecule has 0 spiro atoms. The Kier molecular flexibility index (Phi) is 5.06. The second kappa shape index (κ2) is 7.97. The second-order valence-corrected chi connectivity index (χ2v) is 6.19. The van der Waals surface area contributed by atoms with E-state index in [1.165, 1.54) is 18.5 Å². The normalized spacial score (nSPS) is 11.8. The molecule has 10 heteroatoms. The molecule has 1 aromatic carbocycles. The summed E-state index contributed by atoms with van der Waals surface area (Å²) in [4.78, 5) is 16.3. The highest BCUT2D eigenvalue weighted by Gasteiger charge is 2.13. The lowest BCUT2D eigenvalue weighted by molar-refractivity contribution is 0.566. The van der Waals surface area contributed by atoms with E-state index in [2.05, 4.69) is 40.8 Å². The lowest BCUT2D eigenvalue weighted by Crippen LogP contribution is -2.12. The lowest BCUT2D eigenvalue weighted by Gasteiger charge is -2.15. The molecule has 0 aliphatic carbocycles. The van der Waals surface area contributed by atoms with Gasteiger partial charge in [-0.25, -0.2) is 18.7 Å². The van der Waals surface area contributed by atoms with E-state index in [0.717, 1.165) is 17.3 Å². The zero-order valence-electron chi connectivity index (χ0n) is 15.3. The smallest absolute Gasteiger partial charge is 0.233 e. The number of aromatic nitrogens is 6. The fraction of sp³-hybridized carbons (Fsp3) is 0.105. The molecule has 8 nitrogen and oxygen atoms in total. The molecule has 0 radical (unpaired) electrons. The zero-order valence-corrected chi connectivity index (χ0v) is 15.3. The molecule has 3 heterocycles. The summed E-state index contributed by atoms with van der Waals surface area (Å²) in [7, 11) is 0. The van der Waals surface area contributed by atoms with Crippen molar-refractivity contribution >= 4 is 17.7 Å². The molecule has 4 aromatic rings. The molecule has 146 valence electrons. The van der Waals surface area contributed by atoms with E-state index in [1.807, 2.05) is 18.2 Å². The molecule has 29 heavy (non-hydrogen) atoms. The first-order valence-electron chi connectivity index (χ1n) is 8.72. The van der Waals surface area contributed by atoms with Crippen LogP contribution in [0.25, 0.3) is 11.3 Å². The zero-order chi connectivity index (χ0) is 20.2. The number of nitrogens with zero attached hydrogens (tertiary/aromatic N) is 5. The van der Waals surface area contributed by atoms with Crippen molar-refractivity contribution in [2.45, 2.75) is 13.0 Å². The SMILES string of the molecule is CC(Nc1ncnc(Nc2cc(-c3ccncc3)[nH]n2)n1)c1ccc(F)cc1F. The molecule has 0 fully saturated rings. The predicted octanol–water partition coefficient (Wildman–Crippen LogP) is 3.85. The van der Waals surface area contributed by atoms with Crippen molar-refractivity contribution in [3.05, 3.63) is 72.3 Å². The first kappa shape index (κ1) is 18.4. The monoisotopic (exact) mass is 394 g/mol. The second-order valence-electron chi connectivity index (χ2n) is 6.19. The molecule has 3 aromatic heterocycles. The summed E-state index contributed by atoms with van der Waals surface area (Å²) in [6, 6.07) is 8.47. The maximum absolute atomic E-state index is 14.0. The molecule has 3 N–H and O–H groups in total. The van der Waals surface area contributed by atoms with Gasteiger partial charge in [-0.3, -0.25) is 10.1 Å². The van der Waals surface area contributed by atoms with E-state index in [4.69, 9.17) is 0 Å². The van der Waals surface area contributed by atoms with E-state index in [9.17, 15) is 8.78 Å². The highest BCUT2D eigenvalue weighted by atomic mass is 19.1. The minimum absolute atomic E-state index is 0.239. The summed E-state index contributed by atoms with van der Waals surface area (Å²) in [5, 5.41) is 13.1. The molecular weight excluding hydrogens is 378 g/mol. The number of halogens is 2. The van der Waals surface area contributed by atoms with Crippen molar-refractivity contribution in [2.24, 2.45) is 0 Å². The van der Waals surface area contributed by atoms with Crippen LogP contribution < -0.4 is 10.6 Å². The third-order valence-electron chi connectivity index (χ3n) is 4.16. The van der Waals surface area contributed by atoms with Crippen LogP contribution in [-0.4, -0.2) is 30.1 Å². The van der Waals surface area contributed by atoms with Gasteiger partial charge < -0.3 is 10.6 Å². The van der Waals surface area contributed by atoms with E-state index in [0.29, 0.717) is 11.4 Å². The van der Waals surface area contributed by atoms with E-state index in [-0.39, 0.29) is 11.9 Å². The highest BCUT2D eigenvalue weighted by molar-refractivity contribution is 5.63. The summed E-state index contributed by atoms with van der Waals surface area (Å²) >= 11 is 0. The van der Waals surface area contributed by atoms with E-state index < -0.39 is 17.7 Å². The van der Waals surface area contributed by atoms with E-state index >= 15 is 0 Å². The maximum Gasteiger partial charge on any atom is 0.233 e. The molecule has 1 unspecified atom stereocenters. The Hall–Kier alpha value is -3.95. The fourth-order valence-corrected chi connectivity index (χ4v) is 2.73. The first-order valence-corrected chi connectivity index (χ1v) is 8.72. The summed E-state index contributed by atoms with van der Waals surface area (Å²) in [6.45, 7) is 1.72. The van der Waals surface area contributed by atoms with Gasteiger partial charge in [0.25, 0.3) is 0 Å². The topological polar surface area (TPSA) is 104 Å². The number of aromatic amines is 1. The number of benzene rings is 1. The van der Waals surface area contributed by atoms with Crippen LogP contribution in [0.2, 0.25) is 0 Å². The van der Waals surface area contributed by atoms with Gasteiger partial charge in [-0.15, -0.1) is 0 Å². The summed E-state index contributed by atoms with van der Waals surface area (Å²) in [5.41, 5.74) is 2.05. The third kappa shape index (κ3) is 4.32. The third-order valence-corrected chi connectivity index (χ3v) is 4.16. The average Bonchev–Trinajstić information content (AvgIpc) is 3.17.